The number of benzene rings is 1. The summed E-state index contributed by atoms with van der Waals surface area (Å²) >= 11 is 3.02. The SMILES string of the molecule is CN.Cl.Fc1ccccc1Br. The molecule has 4 heteroatoms. The van der Waals surface area contributed by atoms with Gasteiger partial charge in [0.2, 0.25) is 0 Å². The third-order valence-electron chi connectivity index (χ3n) is 0.824. The second-order valence-electron chi connectivity index (χ2n) is 1.41. The molecule has 0 bridgehead atoms. The first-order valence-corrected chi connectivity index (χ1v) is 3.58. The van der Waals surface area contributed by atoms with Gasteiger partial charge in [-0.15, -0.1) is 12.4 Å². The van der Waals surface area contributed by atoms with Crippen LogP contribution < -0.4 is 5.73 Å². The monoisotopic (exact) mass is 241 g/mol. The molecule has 0 fully saturated rings. The van der Waals surface area contributed by atoms with Crippen molar-refractivity contribution < 1.29 is 4.39 Å². The highest BCUT2D eigenvalue weighted by Crippen LogP contribution is 2.12. The zero-order valence-corrected chi connectivity index (χ0v) is 8.45. The van der Waals surface area contributed by atoms with Crippen LogP contribution >= 0.6 is 28.3 Å². The van der Waals surface area contributed by atoms with Crippen LogP contribution in [0.5, 0.6) is 0 Å². The van der Waals surface area contributed by atoms with Gasteiger partial charge >= 0.3 is 0 Å². The van der Waals surface area contributed by atoms with Gasteiger partial charge in [-0.25, -0.2) is 4.39 Å². The van der Waals surface area contributed by atoms with Gasteiger partial charge in [-0.05, 0) is 35.1 Å². The molecule has 0 aromatic heterocycles. The van der Waals surface area contributed by atoms with E-state index in [1.165, 1.54) is 13.1 Å². The summed E-state index contributed by atoms with van der Waals surface area (Å²) < 4.78 is 12.8. The molecule has 1 rings (SSSR count). The molecule has 0 aliphatic heterocycles. The van der Waals surface area contributed by atoms with Crippen molar-refractivity contribution in [3.05, 3.63) is 34.6 Å². The molecule has 0 amide bonds. The number of hydrogen-bond acceptors (Lipinski definition) is 1. The molecule has 2 N–H and O–H groups in total. The van der Waals surface area contributed by atoms with Gasteiger partial charge in [0.25, 0.3) is 0 Å². The molecule has 64 valence electrons. The maximum atomic E-state index is 12.3. The number of hydrogen-bond donors (Lipinski definition) is 1. The van der Waals surface area contributed by atoms with Gasteiger partial charge in [0.05, 0.1) is 4.47 Å². The number of halogens is 3. The lowest BCUT2D eigenvalue weighted by molar-refractivity contribution is 0.621. The van der Waals surface area contributed by atoms with Gasteiger partial charge in [0.1, 0.15) is 5.82 Å². The summed E-state index contributed by atoms with van der Waals surface area (Å²) in [5.74, 6) is -0.215. The Bertz CT molecular complexity index is 175. The molecule has 1 nitrogen and oxygen atoms in total. The van der Waals surface area contributed by atoms with E-state index in [9.17, 15) is 4.39 Å². The highest BCUT2D eigenvalue weighted by Gasteiger charge is 1.90. The van der Waals surface area contributed by atoms with E-state index in [4.69, 9.17) is 0 Å². The second kappa shape index (κ2) is 7.98. The van der Waals surface area contributed by atoms with Crippen molar-refractivity contribution >= 4 is 28.3 Å². The van der Waals surface area contributed by atoms with E-state index in [-0.39, 0.29) is 18.2 Å². The average Bonchev–Trinajstić information content (AvgIpc) is 2.00. The molecule has 0 unspecified atom stereocenters. The summed E-state index contributed by atoms with van der Waals surface area (Å²) in [7, 11) is 1.50. The smallest absolute Gasteiger partial charge is 0.137 e. The quantitative estimate of drug-likeness (QED) is 0.743. The van der Waals surface area contributed by atoms with E-state index in [1.807, 2.05) is 0 Å². The van der Waals surface area contributed by atoms with Gasteiger partial charge in [0, 0.05) is 0 Å². The molecule has 0 aliphatic rings. The Morgan fingerprint density at radius 1 is 1.27 bits per heavy atom. The predicted octanol–water partition coefficient (Wildman–Crippen LogP) is 2.58. The molecule has 0 radical (unpaired) electrons. The van der Waals surface area contributed by atoms with E-state index in [1.54, 1.807) is 18.2 Å². The van der Waals surface area contributed by atoms with Crippen LogP contribution in [0, 0.1) is 5.82 Å². The van der Waals surface area contributed by atoms with Crippen LogP contribution in [-0.4, -0.2) is 7.05 Å². The fourth-order valence-electron chi connectivity index (χ4n) is 0.439. The molecule has 11 heavy (non-hydrogen) atoms. The molecule has 1 aromatic carbocycles. The van der Waals surface area contributed by atoms with Gasteiger partial charge < -0.3 is 5.73 Å². The highest BCUT2D eigenvalue weighted by atomic mass is 79.9. The van der Waals surface area contributed by atoms with E-state index >= 15 is 0 Å². The molecule has 0 spiro atoms. The standard InChI is InChI=1S/C6H4BrF.CH5N.ClH/c7-5-3-1-2-4-6(5)8;1-2;/h1-4H;2H2,1H3;1H. The van der Waals surface area contributed by atoms with Crippen LogP contribution in [0.25, 0.3) is 0 Å². The van der Waals surface area contributed by atoms with Crippen LogP contribution in [0.2, 0.25) is 0 Å². The van der Waals surface area contributed by atoms with E-state index in [0.29, 0.717) is 4.47 Å². The summed E-state index contributed by atoms with van der Waals surface area (Å²) in [4.78, 5) is 0. The van der Waals surface area contributed by atoms with Gasteiger partial charge in [0.15, 0.2) is 0 Å². The minimum absolute atomic E-state index is 0. The normalized spacial score (nSPS) is 7.27. The Hall–Kier alpha value is -0.120. The van der Waals surface area contributed by atoms with Crippen LogP contribution in [0.4, 0.5) is 4.39 Å². The van der Waals surface area contributed by atoms with Crippen molar-refractivity contribution in [2.75, 3.05) is 7.05 Å². The Morgan fingerprint density at radius 2 is 1.73 bits per heavy atom. The number of rotatable bonds is 0. The van der Waals surface area contributed by atoms with Crippen molar-refractivity contribution in [3.8, 4) is 0 Å². The molecule has 1 aromatic rings. The molecule has 0 saturated heterocycles. The van der Waals surface area contributed by atoms with Gasteiger partial charge in [-0.2, -0.15) is 0 Å². The minimum atomic E-state index is -0.215. The topological polar surface area (TPSA) is 26.0 Å². The zero-order chi connectivity index (χ0) is 7.98. The third kappa shape index (κ3) is 5.18. The van der Waals surface area contributed by atoms with Crippen molar-refractivity contribution in [1.29, 1.82) is 0 Å². The second-order valence-corrected chi connectivity index (χ2v) is 2.27. The summed E-state index contributed by atoms with van der Waals surface area (Å²) in [6, 6.07) is 6.49. The number of nitrogens with two attached hydrogens (primary N) is 1. The predicted molar refractivity (Wildman–Crippen MR) is 51.5 cm³/mol. The van der Waals surface area contributed by atoms with Crippen molar-refractivity contribution in [2.24, 2.45) is 5.73 Å². The molecule has 0 aliphatic carbocycles. The molecule has 0 saturated carbocycles. The average molecular weight is 243 g/mol. The van der Waals surface area contributed by atoms with E-state index < -0.39 is 0 Å². The zero-order valence-electron chi connectivity index (χ0n) is 6.05. The van der Waals surface area contributed by atoms with Crippen LogP contribution in [0.3, 0.4) is 0 Å². The fourth-order valence-corrected chi connectivity index (χ4v) is 0.724. The Kier molecular flexibility index (Phi) is 9.77. The first kappa shape index (κ1) is 13.5. The lowest BCUT2D eigenvalue weighted by Crippen LogP contribution is -1.70. The summed E-state index contributed by atoms with van der Waals surface area (Å²) in [6.45, 7) is 0. The van der Waals surface area contributed by atoms with Crippen molar-refractivity contribution in [1.82, 2.24) is 0 Å². The van der Waals surface area contributed by atoms with E-state index in [2.05, 4.69) is 21.7 Å². The van der Waals surface area contributed by atoms with Crippen molar-refractivity contribution in [2.45, 2.75) is 0 Å². The minimum Gasteiger partial charge on any atom is -0.333 e. The van der Waals surface area contributed by atoms with E-state index in [0.717, 1.165) is 0 Å². The summed E-state index contributed by atoms with van der Waals surface area (Å²) in [5.41, 5.74) is 4.50. The fraction of sp³-hybridized carbons (Fsp3) is 0.143. The van der Waals surface area contributed by atoms with Crippen LogP contribution in [0.15, 0.2) is 28.7 Å². The Balaban J connectivity index is 0. The summed E-state index contributed by atoms with van der Waals surface area (Å²) in [6.07, 6.45) is 0. The first-order chi connectivity index (χ1) is 4.80. The maximum Gasteiger partial charge on any atom is 0.137 e. The molecular weight excluding hydrogens is 232 g/mol. The summed E-state index contributed by atoms with van der Waals surface area (Å²) in [5, 5.41) is 0. The first-order valence-electron chi connectivity index (χ1n) is 2.78. The van der Waals surface area contributed by atoms with Gasteiger partial charge in [-0.1, -0.05) is 12.1 Å². The van der Waals surface area contributed by atoms with Crippen LogP contribution in [0.1, 0.15) is 0 Å². The third-order valence-corrected chi connectivity index (χ3v) is 1.47. The molecule has 0 atom stereocenters. The lowest BCUT2D eigenvalue weighted by atomic mass is 10.4. The van der Waals surface area contributed by atoms with Gasteiger partial charge in [-0.3, -0.25) is 0 Å². The highest BCUT2D eigenvalue weighted by molar-refractivity contribution is 9.10. The maximum absolute atomic E-state index is 12.3. The Labute approximate surface area is 80.3 Å². The Morgan fingerprint density at radius 3 is 2.00 bits per heavy atom. The lowest BCUT2D eigenvalue weighted by Gasteiger charge is -1.87. The molecule has 0 heterocycles. The molecular formula is C7H10BrClFN. The van der Waals surface area contributed by atoms with Crippen molar-refractivity contribution in [3.63, 3.8) is 0 Å². The largest absolute Gasteiger partial charge is 0.333 e. The van der Waals surface area contributed by atoms with Crippen LogP contribution in [-0.2, 0) is 0 Å².